The maximum absolute atomic E-state index is 2.43. The van der Waals surface area contributed by atoms with E-state index in [2.05, 4.69) is 205 Å². The monoisotopic (exact) mass is 679 g/mol. The fourth-order valence-corrected chi connectivity index (χ4v) is 8.92. The van der Waals surface area contributed by atoms with Crippen molar-refractivity contribution in [1.82, 2.24) is 0 Å². The van der Waals surface area contributed by atoms with Crippen LogP contribution >= 0.6 is 11.3 Å². The van der Waals surface area contributed by atoms with Crippen molar-refractivity contribution < 1.29 is 0 Å². The number of anilines is 3. The summed E-state index contributed by atoms with van der Waals surface area (Å²) in [6.07, 6.45) is 0. The summed E-state index contributed by atoms with van der Waals surface area (Å²) < 4.78 is 2.62. The molecular weight excluding hydrogens is 647 g/mol. The number of fused-ring (bicyclic) bond motifs is 6. The predicted molar refractivity (Wildman–Crippen MR) is 225 cm³/mol. The highest BCUT2D eigenvalue weighted by molar-refractivity contribution is 7.26. The molecule has 1 heterocycles. The first kappa shape index (κ1) is 30.4. The van der Waals surface area contributed by atoms with Crippen LogP contribution in [-0.4, -0.2) is 0 Å². The molecule has 0 saturated carbocycles. The van der Waals surface area contributed by atoms with Gasteiger partial charge in [-0.2, -0.15) is 0 Å². The molecule has 244 valence electrons. The second kappa shape index (κ2) is 12.7. The Morgan fingerprint density at radius 1 is 0.327 bits per heavy atom. The zero-order chi connectivity index (χ0) is 34.4. The first-order chi connectivity index (χ1) is 25.8. The zero-order valence-electron chi connectivity index (χ0n) is 28.4. The molecule has 1 nitrogen and oxygen atoms in total. The van der Waals surface area contributed by atoms with Crippen molar-refractivity contribution in [2.75, 3.05) is 4.90 Å². The maximum Gasteiger partial charge on any atom is 0.0547 e. The average molecular weight is 680 g/mol. The summed E-state index contributed by atoms with van der Waals surface area (Å²) in [4.78, 5) is 2.43. The van der Waals surface area contributed by atoms with Gasteiger partial charge in [-0.05, 0) is 86.6 Å². The normalized spacial score (nSPS) is 11.5. The number of para-hydroxylation sites is 1. The average Bonchev–Trinajstić information content (AvgIpc) is 3.60. The minimum atomic E-state index is 1.12. The van der Waals surface area contributed by atoms with Gasteiger partial charge in [-0.25, -0.2) is 0 Å². The summed E-state index contributed by atoms with van der Waals surface area (Å²) in [5, 5.41) is 7.62. The van der Waals surface area contributed by atoms with Crippen molar-refractivity contribution in [2.24, 2.45) is 0 Å². The highest BCUT2D eigenvalue weighted by atomic mass is 32.1. The van der Waals surface area contributed by atoms with Crippen LogP contribution in [0, 0.1) is 0 Å². The Hall–Kier alpha value is -6.48. The van der Waals surface area contributed by atoms with Gasteiger partial charge in [0.1, 0.15) is 0 Å². The quantitative estimate of drug-likeness (QED) is 0.169. The van der Waals surface area contributed by atoms with E-state index in [1.54, 1.807) is 0 Å². The highest BCUT2D eigenvalue weighted by Crippen LogP contribution is 2.47. The van der Waals surface area contributed by atoms with Crippen LogP contribution in [0.3, 0.4) is 0 Å². The van der Waals surface area contributed by atoms with Crippen LogP contribution in [0.4, 0.5) is 17.1 Å². The van der Waals surface area contributed by atoms with Gasteiger partial charge >= 0.3 is 0 Å². The van der Waals surface area contributed by atoms with Crippen molar-refractivity contribution in [3.63, 3.8) is 0 Å². The number of rotatable bonds is 6. The summed E-state index contributed by atoms with van der Waals surface area (Å²) in [6.45, 7) is 0. The topological polar surface area (TPSA) is 3.24 Å². The molecule has 0 atom stereocenters. The van der Waals surface area contributed by atoms with Crippen molar-refractivity contribution in [3.05, 3.63) is 200 Å². The maximum atomic E-state index is 2.43. The lowest BCUT2D eigenvalue weighted by molar-refractivity contribution is 1.30. The Morgan fingerprint density at radius 2 is 0.904 bits per heavy atom. The van der Waals surface area contributed by atoms with E-state index in [9.17, 15) is 0 Å². The van der Waals surface area contributed by atoms with Crippen molar-refractivity contribution >= 4 is 70.1 Å². The number of thiophene rings is 1. The van der Waals surface area contributed by atoms with E-state index in [-0.39, 0.29) is 0 Å². The van der Waals surface area contributed by atoms with E-state index < -0.39 is 0 Å². The fourth-order valence-electron chi connectivity index (χ4n) is 7.72. The molecule has 0 bridgehead atoms. The Bertz CT molecular complexity index is 2880. The van der Waals surface area contributed by atoms with Gasteiger partial charge in [0.15, 0.2) is 0 Å². The molecule has 10 aromatic rings. The van der Waals surface area contributed by atoms with Gasteiger partial charge in [0, 0.05) is 42.3 Å². The SMILES string of the molecule is c1ccc(-c2ccc(-c3cccc(N(c4ccccc4)c4cc5c6cc(-c7cccc8ccccc78)ccc6sc5c5ccccc45)c3)cc2)cc1. The van der Waals surface area contributed by atoms with Crippen LogP contribution in [0.2, 0.25) is 0 Å². The molecule has 52 heavy (non-hydrogen) atoms. The smallest absolute Gasteiger partial charge is 0.0547 e. The standard InChI is InChI=1S/C50H33NS/c1-3-13-34(14-4-1)35-25-27-36(28-26-35)38-17-11-20-41(31-38)51(40-18-5-2-6-19-40)48-33-47-46-32-39(43-24-12-16-37-15-7-8-21-42(37)43)29-30-49(46)52-50(47)45-23-10-9-22-44(45)48/h1-33H. The van der Waals surface area contributed by atoms with Gasteiger partial charge in [0.2, 0.25) is 0 Å². The largest absolute Gasteiger partial charge is 0.310 e. The molecule has 0 aliphatic heterocycles. The third-order valence-electron chi connectivity index (χ3n) is 10.2. The van der Waals surface area contributed by atoms with E-state index in [0.29, 0.717) is 0 Å². The minimum Gasteiger partial charge on any atom is -0.310 e. The van der Waals surface area contributed by atoms with Gasteiger partial charge in [-0.15, -0.1) is 11.3 Å². The van der Waals surface area contributed by atoms with Gasteiger partial charge in [-0.1, -0.05) is 158 Å². The van der Waals surface area contributed by atoms with Crippen LogP contribution in [0.25, 0.3) is 75.1 Å². The molecule has 0 N–H and O–H groups in total. The molecule has 0 amide bonds. The molecule has 1 aromatic heterocycles. The molecule has 0 aliphatic rings. The summed E-state index contributed by atoms with van der Waals surface area (Å²) in [5.41, 5.74) is 10.7. The lowest BCUT2D eigenvalue weighted by Gasteiger charge is -2.27. The van der Waals surface area contributed by atoms with Crippen LogP contribution < -0.4 is 4.90 Å². The van der Waals surface area contributed by atoms with E-state index in [1.165, 1.54) is 80.8 Å². The van der Waals surface area contributed by atoms with E-state index >= 15 is 0 Å². The highest BCUT2D eigenvalue weighted by Gasteiger charge is 2.20. The fraction of sp³-hybridized carbons (Fsp3) is 0. The van der Waals surface area contributed by atoms with Crippen LogP contribution in [-0.2, 0) is 0 Å². The molecule has 0 radical (unpaired) electrons. The van der Waals surface area contributed by atoms with E-state index in [1.807, 2.05) is 11.3 Å². The van der Waals surface area contributed by atoms with Gasteiger partial charge in [-0.3, -0.25) is 0 Å². The van der Waals surface area contributed by atoms with Gasteiger partial charge in [0.05, 0.1) is 5.69 Å². The van der Waals surface area contributed by atoms with Crippen LogP contribution in [0.1, 0.15) is 0 Å². The van der Waals surface area contributed by atoms with Crippen LogP contribution in [0.5, 0.6) is 0 Å². The number of benzene rings is 9. The Balaban J connectivity index is 1.16. The third kappa shape index (κ3) is 5.24. The molecule has 0 saturated heterocycles. The van der Waals surface area contributed by atoms with Gasteiger partial charge in [0.25, 0.3) is 0 Å². The first-order valence-electron chi connectivity index (χ1n) is 17.8. The summed E-state index contributed by atoms with van der Waals surface area (Å²) in [6, 6.07) is 72.9. The summed E-state index contributed by atoms with van der Waals surface area (Å²) in [5.74, 6) is 0. The zero-order valence-corrected chi connectivity index (χ0v) is 29.2. The lowest BCUT2D eigenvalue weighted by atomic mass is 9.96. The van der Waals surface area contributed by atoms with Gasteiger partial charge < -0.3 is 4.90 Å². The molecular formula is C50H33NS. The van der Waals surface area contributed by atoms with Crippen molar-refractivity contribution in [1.29, 1.82) is 0 Å². The second-order valence-electron chi connectivity index (χ2n) is 13.3. The Labute approximate surface area is 307 Å². The van der Waals surface area contributed by atoms with Crippen molar-refractivity contribution in [2.45, 2.75) is 0 Å². The second-order valence-corrected chi connectivity index (χ2v) is 14.4. The van der Waals surface area contributed by atoms with E-state index in [0.717, 1.165) is 11.4 Å². The molecule has 0 fully saturated rings. The predicted octanol–water partition coefficient (Wildman–Crippen LogP) is 14.8. The molecule has 0 spiro atoms. The molecule has 10 rings (SSSR count). The minimum absolute atomic E-state index is 1.12. The van der Waals surface area contributed by atoms with E-state index in [4.69, 9.17) is 0 Å². The number of hydrogen-bond donors (Lipinski definition) is 0. The Morgan fingerprint density at radius 3 is 1.71 bits per heavy atom. The lowest BCUT2D eigenvalue weighted by Crippen LogP contribution is -2.10. The molecule has 9 aromatic carbocycles. The summed E-state index contributed by atoms with van der Waals surface area (Å²) >= 11 is 1.89. The Kier molecular flexibility index (Phi) is 7.41. The molecule has 0 aliphatic carbocycles. The van der Waals surface area contributed by atoms with Crippen molar-refractivity contribution in [3.8, 4) is 33.4 Å². The molecule has 0 unspecified atom stereocenters. The van der Waals surface area contributed by atoms with Crippen LogP contribution in [0.15, 0.2) is 200 Å². The summed E-state index contributed by atoms with van der Waals surface area (Å²) in [7, 11) is 0. The molecule has 2 heteroatoms. The first-order valence-corrected chi connectivity index (χ1v) is 18.6. The number of nitrogens with zero attached hydrogens (tertiary/aromatic N) is 1. The third-order valence-corrected chi connectivity index (χ3v) is 11.5. The number of hydrogen-bond acceptors (Lipinski definition) is 2.